The molecule has 1 aliphatic rings. The number of carboxylic acid groups (broad SMARTS) is 1. The monoisotopic (exact) mass is 452 g/mol. The molecule has 2 N–H and O–H groups in total. The van der Waals surface area contributed by atoms with Gasteiger partial charge >= 0.3 is 12.1 Å². The number of rotatable bonds is 11. The van der Waals surface area contributed by atoms with E-state index in [2.05, 4.69) is 29.6 Å². The smallest absolute Gasteiger partial charge is 0.407 e. The number of aliphatic carboxylic acids is 1. The molecule has 176 valence electrons. The largest absolute Gasteiger partial charge is 0.481 e. The van der Waals surface area contributed by atoms with Gasteiger partial charge in [-0.25, -0.2) is 4.79 Å². The molecule has 0 radical (unpaired) electrons. The van der Waals surface area contributed by atoms with E-state index in [9.17, 15) is 14.4 Å². The standard InChI is InChI=1S/C26H32N2O5/c1-3-18(16-24(29)28(2)15-9-8-14-25(30)31)27-26(32)33-17-23-21-12-6-4-10-19(21)20-11-5-7-13-22(20)23/h4-7,10-13,18,23H,3,8-9,14-17H2,1-2H3,(H,27,32)(H,30,31)/t18-/m1/s1. The number of carbonyl (C=O) groups excluding carboxylic acids is 2. The number of hydrogen-bond donors (Lipinski definition) is 2. The number of carbonyl (C=O) groups is 3. The van der Waals surface area contributed by atoms with E-state index in [0.717, 1.165) is 11.1 Å². The third kappa shape index (κ3) is 6.34. The van der Waals surface area contributed by atoms with Crippen LogP contribution in [0, 0.1) is 0 Å². The Morgan fingerprint density at radius 2 is 1.64 bits per heavy atom. The average molecular weight is 453 g/mol. The Hall–Kier alpha value is -3.35. The lowest BCUT2D eigenvalue weighted by Gasteiger charge is -2.22. The van der Waals surface area contributed by atoms with Gasteiger partial charge in [0.15, 0.2) is 0 Å². The van der Waals surface area contributed by atoms with Gasteiger partial charge in [0.1, 0.15) is 6.61 Å². The summed E-state index contributed by atoms with van der Waals surface area (Å²) in [4.78, 5) is 37.2. The summed E-state index contributed by atoms with van der Waals surface area (Å²) in [6.07, 6.45) is 1.51. The molecule has 3 rings (SSSR count). The molecule has 2 aromatic carbocycles. The maximum Gasteiger partial charge on any atom is 0.407 e. The fraction of sp³-hybridized carbons (Fsp3) is 0.423. The van der Waals surface area contributed by atoms with Crippen molar-refractivity contribution in [1.29, 1.82) is 0 Å². The van der Waals surface area contributed by atoms with Crippen molar-refractivity contribution < 1.29 is 24.2 Å². The first kappa shape index (κ1) is 24.3. The zero-order valence-corrected chi connectivity index (χ0v) is 19.3. The number of ether oxygens (including phenoxy) is 1. The van der Waals surface area contributed by atoms with Gasteiger partial charge in [-0.1, -0.05) is 55.5 Å². The van der Waals surface area contributed by atoms with Crippen LogP contribution in [0.15, 0.2) is 48.5 Å². The van der Waals surface area contributed by atoms with Crippen LogP contribution in [0.5, 0.6) is 0 Å². The van der Waals surface area contributed by atoms with Crippen molar-refractivity contribution >= 4 is 18.0 Å². The van der Waals surface area contributed by atoms with E-state index in [1.54, 1.807) is 11.9 Å². The molecule has 0 fully saturated rings. The second kappa shape index (κ2) is 11.5. The Labute approximate surface area is 194 Å². The molecule has 0 aromatic heterocycles. The minimum atomic E-state index is -0.831. The zero-order valence-electron chi connectivity index (χ0n) is 19.3. The molecule has 2 amide bonds. The normalized spacial score (nSPS) is 13.0. The number of alkyl carbamates (subject to hydrolysis) is 1. The van der Waals surface area contributed by atoms with Crippen LogP contribution >= 0.6 is 0 Å². The van der Waals surface area contributed by atoms with Gasteiger partial charge in [-0.2, -0.15) is 0 Å². The second-order valence-corrected chi connectivity index (χ2v) is 8.45. The Bertz CT molecular complexity index is 945. The molecular weight excluding hydrogens is 420 g/mol. The van der Waals surface area contributed by atoms with Gasteiger partial charge in [0.05, 0.1) is 0 Å². The summed E-state index contributed by atoms with van der Waals surface area (Å²) in [5, 5.41) is 11.5. The lowest BCUT2D eigenvalue weighted by Crippen LogP contribution is -2.40. The van der Waals surface area contributed by atoms with Gasteiger partial charge in [-0.3, -0.25) is 9.59 Å². The molecule has 0 saturated heterocycles. The van der Waals surface area contributed by atoms with E-state index in [1.165, 1.54) is 11.1 Å². The molecule has 0 spiro atoms. The minimum Gasteiger partial charge on any atom is -0.481 e. The Morgan fingerprint density at radius 3 is 2.21 bits per heavy atom. The first-order valence-electron chi connectivity index (χ1n) is 11.5. The zero-order chi connectivity index (χ0) is 23.8. The molecule has 1 atom stereocenters. The summed E-state index contributed by atoms with van der Waals surface area (Å²) in [5.41, 5.74) is 4.65. The summed E-state index contributed by atoms with van der Waals surface area (Å²) < 4.78 is 5.59. The fourth-order valence-electron chi connectivity index (χ4n) is 4.22. The summed E-state index contributed by atoms with van der Waals surface area (Å²) in [6, 6.07) is 16.0. The molecule has 0 saturated carbocycles. The van der Waals surface area contributed by atoms with E-state index in [1.807, 2.05) is 31.2 Å². The van der Waals surface area contributed by atoms with Crippen LogP contribution < -0.4 is 5.32 Å². The predicted octanol–water partition coefficient (Wildman–Crippen LogP) is 4.41. The van der Waals surface area contributed by atoms with Gasteiger partial charge in [0, 0.05) is 38.4 Å². The summed E-state index contributed by atoms with van der Waals surface area (Å²) >= 11 is 0. The van der Waals surface area contributed by atoms with Gasteiger partial charge in [-0.05, 0) is 41.5 Å². The second-order valence-electron chi connectivity index (χ2n) is 8.45. The molecule has 0 aliphatic heterocycles. The molecule has 2 aromatic rings. The van der Waals surface area contributed by atoms with Crippen LogP contribution in [0.3, 0.4) is 0 Å². The van der Waals surface area contributed by atoms with Gasteiger partial charge in [0.2, 0.25) is 5.91 Å². The number of carboxylic acids is 1. The molecule has 0 unspecified atom stereocenters. The van der Waals surface area contributed by atoms with Crippen molar-refractivity contribution in [1.82, 2.24) is 10.2 Å². The van der Waals surface area contributed by atoms with Gasteiger partial charge in [0.25, 0.3) is 0 Å². The maximum absolute atomic E-state index is 12.5. The summed E-state index contributed by atoms with van der Waals surface area (Å²) in [5.74, 6) is -0.930. The lowest BCUT2D eigenvalue weighted by molar-refractivity contribution is -0.137. The Kier molecular flexibility index (Phi) is 8.46. The van der Waals surface area contributed by atoms with E-state index in [4.69, 9.17) is 9.84 Å². The maximum atomic E-state index is 12.5. The van der Waals surface area contributed by atoms with Crippen molar-refractivity contribution in [2.45, 2.75) is 51.0 Å². The highest BCUT2D eigenvalue weighted by atomic mass is 16.5. The fourth-order valence-corrected chi connectivity index (χ4v) is 4.22. The first-order chi connectivity index (χ1) is 15.9. The molecular formula is C26H32N2O5. The van der Waals surface area contributed by atoms with Crippen LogP contribution in [0.25, 0.3) is 11.1 Å². The highest BCUT2D eigenvalue weighted by Crippen LogP contribution is 2.44. The van der Waals surface area contributed by atoms with E-state index >= 15 is 0 Å². The van der Waals surface area contributed by atoms with Crippen LogP contribution in [0.2, 0.25) is 0 Å². The lowest BCUT2D eigenvalue weighted by atomic mass is 9.98. The molecule has 7 heteroatoms. The van der Waals surface area contributed by atoms with Crippen molar-refractivity contribution in [3.05, 3.63) is 59.7 Å². The quantitative estimate of drug-likeness (QED) is 0.493. The Balaban J connectivity index is 1.49. The van der Waals surface area contributed by atoms with Crippen molar-refractivity contribution in [3.63, 3.8) is 0 Å². The SMILES string of the molecule is CC[C@H](CC(=O)N(C)CCCCC(=O)O)NC(=O)OCC1c2ccccc2-c2ccccc21. The number of hydrogen-bond acceptors (Lipinski definition) is 4. The number of amides is 2. The van der Waals surface area contributed by atoms with Crippen molar-refractivity contribution in [2.24, 2.45) is 0 Å². The molecule has 7 nitrogen and oxygen atoms in total. The highest BCUT2D eigenvalue weighted by Gasteiger charge is 2.29. The van der Waals surface area contributed by atoms with Crippen LogP contribution in [0.1, 0.15) is 56.1 Å². The average Bonchev–Trinajstić information content (AvgIpc) is 3.13. The van der Waals surface area contributed by atoms with E-state index in [0.29, 0.717) is 25.8 Å². The van der Waals surface area contributed by atoms with Crippen LogP contribution in [-0.4, -0.2) is 54.2 Å². The third-order valence-corrected chi connectivity index (χ3v) is 6.14. The number of fused-ring (bicyclic) bond motifs is 3. The summed E-state index contributed by atoms with van der Waals surface area (Å²) in [7, 11) is 1.70. The van der Waals surface area contributed by atoms with Crippen molar-refractivity contribution in [2.75, 3.05) is 20.2 Å². The minimum absolute atomic E-state index is 0.0122. The molecule has 33 heavy (non-hydrogen) atoms. The number of nitrogens with one attached hydrogen (secondary N) is 1. The number of nitrogens with zero attached hydrogens (tertiary/aromatic N) is 1. The predicted molar refractivity (Wildman–Crippen MR) is 126 cm³/mol. The van der Waals surface area contributed by atoms with Gasteiger partial charge < -0.3 is 20.1 Å². The van der Waals surface area contributed by atoms with Crippen LogP contribution in [-0.2, 0) is 14.3 Å². The number of benzene rings is 2. The van der Waals surface area contributed by atoms with Crippen molar-refractivity contribution in [3.8, 4) is 11.1 Å². The van der Waals surface area contributed by atoms with E-state index in [-0.39, 0.29) is 37.3 Å². The molecule has 0 bridgehead atoms. The summed E-state index contributed by atoms with van der Waals surface area (Å²) in [6.45, 7) is 2.63. The third-order valence-electron chi connectivity index (χ3n) is 6.14. The van der Waals surface area contributed by atoms with Crippen LogP contribution in [0.4, 0.5) is 4.79 Å². The topological polar surface area (TPSA) is 95.9 Å². The Morgan fingerprint density at radius 1 is 1.03 bits per heavy atom. The number of unbranched alkanes of at least 4 members (excludes halogenated alkanes) is 1. The molecule has 1 aliphatic carbocycles. The molecule has 0 heterocycles. The van der Waals surface area contributed by atoms with E-state index < -0.39 is 12.1 Å². The van der Waals surface area contributed by atoms with Gasteiger partial charge in [-0.15, -0.1) is 0 Å². The highest BCUT2D eigenvalue weighted by molar-refractivity contribution is 5.79. The first-order valence-corrected chi connectivity index (χ1v) is 11.5.